The van der Waals surface area contributed by atoms with Gasteiger partial charge in [-0.3, -0.25) is 9.48 Å². The number of aryl methyl sites for hydroxylation is 2. The van der Waals surface area contributed by atoms with Gasteiger partial charge in [-0.2, -0.15) is 5.10 Å². The molecule has 0 radical (unpaired) electrons. The number of carbonyl (C=O) groups is 1. The lowest BCUT2D eigenvalue weighted by Gasteiger charge is -2.06. The largest absolute Gasteiger partial charge is 0.399 e. The monoisotopic (exact) mass is 335 g/mol. The molecule has 2 rings (SSSR count). The summed E-state index contributed by atoms with van der Waals surface area (Å²) in [4.78, 5) is 12.2. The molecule has 0 amide bonds. The molecule has 0 spiro atoms. The van der Waals surface area contributed by atoms with Crippen molar-refractivity contribution in [1.82, 2.24) is 9.78 Å². The minimum Gasteiger partial charge on any atom is -0.399 e. The van der Waals surface area contributed by atoms with E-state index in [9.17, 15) is 4.79 Å². The molecule has 1 heterocycles. The lowest BCUT2D eigenvalue weighted by atomic mass is 10.1. The molecule has 1 aromatic carbocycles. The van der Waals surface area contributed by atoms with E-state index in [0.717, 1.165) is 28.0 Å². The number of rotatable bonds is 5. The van der Waals surface area contributed by atoms with Crippen molar-refractivity contribution in [3.05, 3.63) is 45.7 Å². The zero-order valence-electron chi connectivity index (χ0n) is 11.7. The Bertz CT molecular complexity index is 634. The van der Waals surface area contributed by atoms with E-state index < -0.39 is 0 Å². The van der Waals surface area contributed by atoms with E-state index in [-0.39, 0.29) is 5.78 Å². The quantitative estimate of drug-likeness (QED) is 0.854. The number of aromatic nitrogens is 2. The molecule has 1 aromatic heterocycles. The van der Waals surface area contributed by atoms with Crippen LogP contribution in [0.25, 0.3) is 0 Å². The molecule has 5 heteroatoms. The third kappa shape index (κ3) is 3.28. The molecule has 106 valence electrons. The van der Waals surface area contributed by atoms with E-state index in [2.05, 4.69) is 21.0 Å². The van der Waals surface area contributed by atoms with Crippen LogP contribution in [-0.4, -0.2) is 15.6 Å². The van der Waals surface area contributed by atoms with E-state index in [1.54, 1.807) is 0 Å². The number of hydrogen-bond acceptors (Lipinski definition) is 3. The first-order chi connectivity index (χ1) is 9.51. The van der Waals surface area contributed by atoms with Crippen LogP contribution in [0.2, 0.25) is 0 Å². The molecule has 0 saturated heterocycles. The molecule has 0 fully saturated rings. The molecule has 2 aromatic rings. The fourth-order valence-corrected chi connectivity index (χ4v) is 2.64. The predicted octanol–water partition coefficient (Wildman–Crippen LogP) is 2.91. The molecule has 20 heavy (non-hydrogen) atoms. The number of hydrogen-bond donors (Lipinski definition) is 1. The number of nitrogen functional groups attached to an aromatic ring is 1. The summed E-state index contributed by atoms with van der Waals surface area (Å²) < 4.78 is 2.80. The highest BCUT2D eigenvalue weighted by Gasteiger charge is 2.15. The molecule has 0 saturated carbocycles. The number of nitrogens with two attached hydrogens (primary N) is 1. The highest BCUT2D eigenvalue weighted by atomic mass is 79.9. The third-order valence-corrected chi connectivity index (χ3v) is 4.20. The zero-order valence-corrected chi connectivity index (χ0v) is 13.3. The summed E-state index contributed by atoms with van der Waals surface area (Å²) in [5.74, 6) is 0.158. The summed E-state index contributed by atoms with van der Waals surface area (Å²) in [6.45, 7) is 4.71. The normalized spacial score (nSPS) is 10.8. The Labute approximate surface area is 127 Å². The Hall–Kier alpha value is -1.62. The molecular weight excluding hydrogens is 318 g/mol. The summed E-state index contributed by atoms with van der Waals surface area (Å²) in [6, 6.07) is 7.45. The van der Waals surface area contributed by atoms with Gasteiger partial charge in [0.25, 0.3) is 0 Å². The van der Waals surface area contributed by atoms with Gasteiger partial charge in [-0.05, 0) is 47.5 Å². The number of carbonyl (C=O) groups excluding carboxylic acids is 1. The maximum Gasteiger partial charge on any atom is 0.143 e. The number of ketones is 1. The van der Waals surface area contributed by atoms with Crippen molar-refractivity contribution in [2.24, 2.45) is 0 Å². The van der Waals surface area contributed by atoms with Crippen molar-refractivity contribution in [1.29, 1.82) is 0 Å². The average Bonchev–Trinajstić information content (AvgIpc) is 2.66. The van der Waals surface area contributed by atoms with E-state index in [4.69, 9.17) is 5.73 Å². The summed E-state index contributed by atoms with van der Waals surface area (Å²) in [5, 5.41) is 4.40. The fraction of sp³-hybridized carbons (Fsp3) is 0.333. The van der Waals surface area contributed by atoms with Gasteiger partial charge in [0.1, 0.15) is 5.78 Å². The third-order valence-electron chi connectivity index (χ3n) is 3.17. The number of benzene rings is 1. The first-order valence-electron chi connectivity index (χ1n) is 6.59. The Balaban J connectivity index is 2.12. The minimum absolute atomic E-state index is 0.158. The molecule has 0 bridgehead atoms. The first-order valence-corrected chi connectivity index (χ1v) is 7.38. The van der Waals surface area contributed by atoms with Crippen LogP contribution in [0.5, 0.6) is 0 Å². The van der Waals surface area contributed by atoms with Crippen LogP contribution in [0.4, 0.5) is 5.69 Å². The molecule has 0 atom stereocenters. The van der Waals surface area contributed by atoms with Gasteiger partial charge in [0, 0.05) is 25.1 Å². The van der Waals surface area contributed by atoms with Gasteiger partial charge in [-0.15, -0.1) is 0 Å². The smallest absolute Gasteiger partial charge is 0.143 e. The Kier molecular flexibility index (Phi) is 4.60. The minimum atomic E-state index is 0.158. The van der Waals surface area contributed by atoms with Crippen LogP contribution in [0, 0.1) is 6.92 Å². The topological polar surface area (TPSA) is 60.9 Å². The summed E-state index contributed by atoms with van der Waals surface area (Å²) in [7, 11) is 0. The van der Waals surface area contributed by atoms with Crippen molar-refractivity contribution < 1.29 is 4.79 Å². The number of anilines is 1. The van der Waals surface area contributed by atoms with Gasteiger partial charge in [-0.1, -0.05) is 12.1 Å². The fourth-order valence-electron chi connectivity index (χ4n) is 2.22. The Morgan fingerprint density at radius 2 is 2.15 bits per heavy atom. The SMILES string of the molecule is CCn1nc(C)c(Br)c1CC(=O)Cc1cccc(N)c1. The standard InChI is InChI=1S/C15H18BrN3O/c1-3-19-14(15(16)10(2)18-19)9-13(20)8-11-5-4-6-12(17)7-11/h4-7H,3,8-9,17H2,1-2H3. The first kappa shape index (κ1) is 14.8. The lowest BCUT2D eigenvalue weighted by molar-refractivity contribution is -0.117. The molecule has 2 N–H and O–H groups in total. The van der Waals surface area contributed by atoms with Crippen LogP contribution >= 0.6 is 15.9 Å². The van der Waals surface area contributed by atoms with Crippen molar-refractivity contribution in [2.45, 2.75) is 33.2 Å². The van der Waals surface area contributed by atoms with Crippen molar-refractivity contribution in [3.8, 4) is 0 Å². The number of Topliss-reactive ketones (excluding diaryl/α,β-unsaturated/α-hetero) is 1. The van der Waals surface area contributed by atoms with Crippen LogP contribution in [-0.2, 0) is 24.2 Å². The molecule has 0 aliphatic heterocycles. The van der Waals surface area contributed by atoms with Gasteiger partial charge >= 0.3 is 0 Å². The van der Waals surface area contributed by atoms with Crippen LogP contribution < -0.4 is 5.73 Å². The molecule has 0 unspecified atom stereocenters. The van der Waals surface area contributed by atoms with Gasteiger partial charge in [0.05, 0.1) is 15.9 Å². The summed E-state index contributed by atoms with van der Waals surface area (Å²) >= 11 is 3.51. The van der Waals surface area contributed by atoms with Crippen LogP contribution in [0.1, 0.15) is 23.9 Å². The van der Waals surface area contributed by atoms with Crippen molar-refractivity contribution in [2.75, 3.05) is 5.73 Å². The van der Waals surface area contributed by atoms with E-state index in [1.807, 2.05) is 42.8 Å². The van der Waals surface area contributed by atoms with E-state index in [1.165, 1.54) is 0 Å². The Morgan fingerprint density at radius 1 is 1.40 bits per heavy atom. The van der Waals surface area contributed by atoms with E-state index >= 15 is 0 Å². The van der Waals surface area contributed by atoms with Crippen molar-refractivity contribution in [3.63, 3.8) is 0 Å². The van der Waals surface area contributed by atoms with Gasteiger partial charge in [-0.25, -0.2) is 0 Å². The average molecular weight is 336 g/mol. The molecule has 4 nitrogen and oxygen atoms in total. The van der Waals surface area contributed by atoms with Gasteiger partial charge in [0.15, 0.2) is 0 Å². The molecular formula is C15H18BrN3O. The zero-order chi connectivity index (χ0) is 14.7. The highest BCUT2D eigenvalue weighted by Crippen LogP contribution is 2.22. The van der Waals surface area contributed by atoms with Crippen LogP contribution in [0.3, 0.4) is 0 Å². The van der Waals surface area contributed by atoms with Crippen LogP contribution in [0.15, 0.2) is 28.7 Å². The molecule has 0 aliphatic carbocycles. The highest BCUT2D eigenvalue weighted by molar-refractivity contribution is 9.10. The lowest BCUT2D eigenvalue weighted by Crippen LogP contribution is -2.12. The second kappa shape index (κ2) is 6.22. The Morgan fingerprint density at radius 3 is 2.80 bits per heavy atom. The maximum absolute atomic E-state index is 12.2. The number of halogens is 1. The second-order valence-electron chi connectivity index (χ2n) is 4.80. The van der Waals surface area contributed by atoms with Crippen molar-refractivity contribution >= 4 is 27.4 Å². The maximum atomic E-state index is 12.2. The predicted molar refractivity (Wildman–Crippen MR) is 83.6 cm³/mol. The van der Waals surface area contributed by atoms with Gasteiger partial charge in [0.2, 0.25) is 0 Å². The summed E-state index contributed by atoms with van der Waals surface area (Å²) in [6.07, 6.45) is 0.773. The van der Waals surface area contributed by atoms with Gasteiger partial charge < -0.3 is 5.73 Å². The number of nitrogens with zero attached hydrogens (tertiary/aromatic N) is 2. The van der Waals surface area contributed by atoms with E-state index in [0.29, 0.717) is 18.5 Å². The molecule has 0 aliphatic rings. The summed E-state index contributed by atoms with van der Waals surface area (Å²) in [5.41, 5.74) is 9.22. The second-order valence-corrected chi connectivity index (χ2v) is 5.59.